The minimum Gasteiger partial charge on any atom is -0.392 e. The minimum absolute atomic E-state index is 0.0366. The average molecular weight is 351 g/mol. The van der Waals surface area contributed by atoms with Crippen LogP contribution in [-0.4, -0.2) is 18.7 Å². The largest absolute Gasteiger partial charge is 0.392 e. The number of thiocarbonyl (C=S) groups is 1. The van der Waals surface area contributed by atoms with Crippen molar-refractivity contribution in [3.05, 3.63) is 34.3 Å². The van der Waals surface area contributed by atoms with E-state index in [4.69, 9.17) is 18.0 Å². The zero-order valence-corrected chi connectivity index (χ0v) is 13.3. The van der Waals surface area contributed by atoms with Crippen LogP contribution in [0.4, 0.5) is 0 Å². The maximum absolute atomic E-state index is 11.9. The van der Waals surface area contributed by atoms with E-state index in [1.807, 2.05) is 24.3 Å². The van der Waals surface area contributed by atoms with Crippen LogP contribution in [0.5, 0.6) is 0 Å². The zero-order valence-electron chi connectivity index (χ0n) is 10.1. The van der Waals surface area contributed by atoms with E-state index in [0.717, 1.165) is 10.0 Å². The van der Waals surface area contributed by atoms with E-state index in [1.165, 1.54) is 6.92 Å². The molecule has 0 aliphatic rings. The molecule has 0 saturated carbocycles. The van der Waals surface area contributed by atoms with Crippen LogP contribution in [0.15, 0.2) is 28.7 Å². The van der Waals surface area contributed by atoms with Crippen molar-refractivity contribution in [2.24, 2.45) is 5.73 Å². The molecule has 2 unspecified atom stereocenters. The zero-order chi connectivity index (χ0) is 13.9. The minimum atomic E-state index is -3.54. The Hall–Kier alpha value is -0.500. The maximum Gasteiger partial charge on any atom is 0.221 e. The van der Waals surface area contributed by atoms with E-state index in [1.54, 1.807) is 6.92 Å². The number of halogens is 1. The Morgan fingerprint density at radius 1 is 1.33 bits per heavy atom. The Bertz CT molecular complexity index is 528. The molecule has 0 aliphatic heterocycles. The molecule has 7 heteroatoms. The van der Waals surface area contributed by atoms with E-state index in [2.05, 4.69) is 20.7 Å². The van der Waals surface area contributed by atoms with Crippen molar-refractivity contribution in [2.75, 3.05) is 0 Å². The lowest BCUT2D eigenvalue weighted by Crippen LogP contribution is -2.40. The Morgan fingerprint density at radius 3 is 2.28 bits per heavy atom. The van der Waals surface area contributed by atoms with Crippen molar-refractivity contribution < 1.29 is 8.42 Å². The standard InChI is InChI=1S/C11H15BrN2O2S2/c1-7(9-3-5-10(12)6-4-9)14-18(15,16)8(2)11(13)17/h3-8,14H,1-2H3,(H2,13,17). The van der Waals surface area contributed by atoms with Gasteiger partial charge in [0.2, 0.25) is 10.0 Å². The number of sulfonamides is 1. The number of hydrogen-bond acceptors (Lipinski definition) is 3. The Morgan fingerprint density at radius 2 is 1.83 bits per heavy atom. The highest BCUT2D eigenvalue weighted by molar-refractivity contribution is 9.10. The molecule has 0 radical (unpaired) electrons. The first kappa shape index (κ1) is 15.6. The third-order valence-corrected chi connectivity index (χ3v) is 5.48. The monoisotopic (exact) mass is 350 g/mol. The number of nitrogens with two attached hydrogens (primary N) is 1. The van der Waals surface area contributed by atoms with Gasteiger partial charge in [-0.2, -0.15) is 0 Å². The summed E-state index contributed by atoms with van der Waals surface area (Å²) in [5.41, 5.74) is 6.23. The van der Waals surface area contributed by atoms with Gasteiger partial charge >= 0.3 is 0 Å². The van der Waals surface area contributed by atoms with Gasteiger partial charge in [-0.15, -0.1) is 0 Å². The van der Waals surface area contributed by atoms with E-state index < -0.39 is 15.3 Å². The number of hydrogen-bond donors (Lipinski definition) is 2. The van der Waals surface area contributed by atoms with Crippen LogP contribution in [0, 0.1) is 0 Å². The molecule has 0 heterocycles. The second kappa shape index (κ2) is 6.10. The summed E-state index contributed by atoms with van der Waals surface area (Å²) in [7, 11) is -3.54. The molecule has 0 amide bonds. The van der Waals surface area contributed by atoms with Gasteiger partial charge in [-0.05, 0) is 31.5 Å². The third kappa shape index (κ3) is 4.01. The van der Waals surface area contributed by atoms with Crippen LogP contribution in [0.3, 0.4) is 0 Å². The van der Waals surface area contributed by atoms with E-state index in [9.17, 15) is 8.42 Å². The van der Waals surface area contributed by atoms with Gasteiger partial charge < -0.3 is 5.73 Å². The second-order valence-electron chi connectivity index (χ2n) is 3.98. The summed E-state index contributed by atoms with van der Waals surface area (Å²) < 4.78 is 27.4. The lowest BCUT2D eigenvalue weighted by molar-refractivity contribution is 0.564. The molecule has 3 N–H and O–H groups in total. The SMILES string of the molecule is CC(NS(=O)(=O)C(C)C(N)=S)c1ccc(Br)cc1. The fourth-order valence-electron chi connectivity index (χ4n) is 1.32. The van der Waals surface area contributed by atoms with Crippen molar-refractivity contribution in [1.29, 1.82) is 0 Å². The maximum atomic E-state index is 11.9. The summed E-state index contributed by atoms with van der Waals surface area (Å²) in [6.45, 7) is 3.24. The molecule has 100 valence electrons. The fourth-order valence-corrected chi connectivity index (χ4v) is 3.10. The van der Waals surface area contributed by atoms with Crippen LogP contribution in [0.2, 0.25) is 0 Å². The Balaban J connectivity index is 2.85. The number of rotatable bonds is 5. The van der Waals surface area contributed by atoms with E-state index in [0.29, 0.717) is 0 Å². The van der Waals surface area contributed by atoms with Crippen LogP contribution in [0.25, 0.3) is 0 Å². The smallest absolute Gasteiger partial charge is 0.221 e. The molecule has 1 rings (SSSR count). The molecule has 2 atom stereocenters. The highest BCUT2D eigenvalue weighted by Gasteiger charge is 2.25. The summed E-state index contributed by atoms with van der Waals surface area (Å²) in [6.07, 6.45) is 0. The molecule has 0 aliphatic carbocycles. The van der Waals surface area contributed by atoms with Gasteiger partial charge in [0.25, 0.3) is 0 Å². The highest BCUT2D eigenvalue weighted by Crippen LogP contribution is 2.18. The van der Waals surface area contributed by atoms with Crippen molar-refractivity contribution in [2.45, 2.75) is 25.1 Å². The van der Waals surface area contributed by atoms with Crippen molar-refractivity contribution in [3.63, 3.8) is 0 Å². The normalized spacial score (nSPS) is 15.1. The predicted molar refractivity (Wildman–Crippen MR) is 80.9 cm³/mol. The van der Waals surface area contributed by atoms with Gasteiger partial charge in [-0.25, -0.2) is 13.1 Å². The molecular formula is C11H15BrN2O2S2. The molecule has 0 fully saturated rings. The van der Waals surface area contributed by atoms with Gasteiger partial charge in [0.05, 0.1) is 4.99 Å². The summed E-state index contributed by atoms with van der Waals surface area (Å²) in [5, 5.41) is -0.884. The Kier molecular flexibility index (Phi) is 5.27. The quantitative estimate of drug-likeness (QED) is 0.797. The fraction of sp³-hybridized carbons (Fsp3) is 0.364. The van der Waals surface area contributed by atoms with Crippen LogP contribution in [-0.2, 0) is 10.0 Å². The molecule has 0 aromatic heterocycles. The van der Waals surface area contributed by atoms with Crippen LogP contribution in [0.1, 0.15) is 25.5 Å². The van der Waals surface area contributed by atoms with Crippen LogP contribution >= 0.6 is 28.1 Å². The number of nitrogens with one attached hydrogen (secondary N) is 1. The van der Waals surface area contributed by atoms with Crippen molar-refractivity contribution in [1.82, 2.24) is 4.72 Å². The summed E-state index contributed by atoms with van der Waals surface area (Å²) in [5.74, 6) is 0. The first-order chi connectivity index (χ1) is 8.24. The number of benzene rings is 1. The van der Waals surface area contributed by atoms with Gasteiger partial charge in [0, 0.05) is 10.5 Å². The third-order valence-electron chi connectivity index (χ3n) is 2.58. The van der Waals surface area contributed by atoms with E-state index >= 15 is 0 Å². The highest BCUT2D eigenvalue weighted by atomic mass is 79.9. The first-order valence-electron chi connectivity index (χ1n) is 5.30. The molecule has 0 spiro atoms. The molecule has 0 saturated heterocycles. The molecule has 18 heavy (non-hydrogen) atoms. The first-order valence-corrected chi connectivity index (χ1v) is 8.04. The molecule has 4 nitrogen and oxygen atoms in total. The lowest BCUT2D eigenvalue weighted by atomic mass is 10.1. The van der Waals surface area contributed by atoms with Crippen molar-refractivity contribution in [3.8, 4) is 0 Å². The molecular weight excluding hydrogens is 336 g/mol. The second-order valence-corrected chi connectivity index (χ2v) is 7.40. The topological polar surface area (TPSA) is 72.2 Å². The van der Waals surface area contributed by atoms with E-state index in [-0.39, 0.29) is 11.0 Å². The summed E-state index contributed by atoms with van der Waals surface area (Å²) >= 11 is 8.03. The van der Waals surface area contributed by atoms with Gasteiger partial charge in [-0.3, -0.25) is 0 Å². The summed E-state index contributed by atoms with van der Waals surface area (Å²) in [6, 6.07) is 7.08. The Labute approximate surface area is 121 Å². The molecule has 0 bridgehead atoms. The average Bonchev–Trinajstić information content (AvgIpc) is 2.28. The van der Waals surface area contributed by atoms with Crippen LogP contribution < -0.4 is 10.5 Å². The molecule has 1 aromatic rings. The van der Waals surface area contributed by atoms with Gasteiger partial charge in [0.1, 0.15) is 5.25 Å². The molecule has 1 aromatic carbocycles. The van der Waals surface area contributed by atoms with Crippen molar-refractivity contribution >= 4 is 43.2 Å². The van der Waals surface area contributed by atoms with Gasteiger partial charge in [-0.1, -0.05) is 40.3 Å². The van der Waals surface area contributed by atoms with Gasteiger partial charge in [0.15, 0.2) is 0 Å². The predicted octanol–water partition coefficient (Wildman–Crippen LogP) is 2.10. The lowest BCUT2D eigenvalue weighted by Gasteiger charge is -2.18. The summed E-state index contributed by atoms with van der Waals surface area (Å²) in [4.78, 5) is -0.0366.